The molecule has 1 aromatic carbocycles. The second kappa shape index (κ2) is 2.73. The molecule has 1 unspecified atom stereocenters. The minimum absolute atomic E-state index is 0.0492. The second-order valence-corrected chi connectivity index (χ2v) is 4.12. The Labute approximate surface area is 84.5 Å². The van der Waals surface area contributed by atoms with Gasteiger partial charge < -0.3 is 5.32 Å². The van der Waals surface area contributed by atoms with E-state index in [9.17, 15) is 4.79 Å². The Kier molecular flexibility index (Phi) is 1.83. The van der Waals surface area contributed by atoms with Gasteiger partial charge >= 0.3 is 0 Å². The molecule has 1 atom stereocenters. The van der Waals surface area contributed by atoms with E-state index in [1.54, 1.807) is 0 Å². The molecule has 1 aromatic rings. The van der Waals surface area contributed by atoms with Crippen molar-refractivity contribution in [2.24, 2.45) is 0 Å². The van der Waals surface area contributed by atoms with Crippen molar-refractivity contribution in [1.82, 2.24) is 5.32 Å². The van der Waals surface area contributed by atoms with Gasteiger partial charge in [-0.25, -0.2) is 0 Å². The van der Waals surface area contributed by atoms with Crippen molar-refractivity contribution in [3.63, 3.8) is 0 Å². The summed E-state index contributed by atoms with van der Waals surface area (Å²) >= 11 is 2.23. The maximum atomic E-state index is 11.3. The van der Waals surface area contributed by atoms with Gasteiger partial charge in [-0.05, 0) is 24.1 Å². The summed E-state index contributed by atoms with van der Waals surface area (Å²) in [5.41, 5.74) is 3.16. The second-order valence-electron chi connectivity index (χ2n) is 2.87. The summed E-state index contributed by atoms with van der Waals surface area (Å²) in [6, 6.07) is 5.82. The minimum atomic E-state index is 0.0492. The summed E-state index contributed by atoms with van der Waals surface area (Å²) in [5.74, 6) is 0.0492. The van der Waals surface area contributed by atoms with E-state index in [-0.39, 0.29) is 9.96 Å². The van der Waals surface area contributed by atoms with Crippen LogP contribution in [0.1, 0.15) is 25.5 Å². The van der Waals surface area contributed by atoms with Crippen molar-refractivity contribution >= 4 is 28.5 Å². The van der Waals surface area contributed by atoms with Gasteiger partial charge in [-0.2, -0.15) is 0 Å². The molecule has 1 aliphatic rings. The van der Waals surface area contributed by atoms with Gasteiger partial charge in [0, 0.05) is 5.56 Å². The van der Waals surface area contributed by atoms with Crippen LogP contribution in [0.2, 0.25) is 0 Å². The Morgan fingerprint density at radius 2 is 2.25 bits per heavy atom. The summed E-state index contributed by atoms with van der Waals surface area (Å²) in [6.45, 7) is 2.03. The third kappa shape index (κ3) is 1.03. The number of hydrogen-bond acceptors (Lipinski definition) is 1. The lowest BCUT2D eigenvalue weighted by atomic mass is 10.1. The zero-order chi connectivity index (χ0) is 8.72. The predicted octanol–water partition coefficient (Wildman–Crippen LogP) is 2.17. The molecule has 1 amide bonds. The largest absolute Gasteiger partial charge is 0.336 e. The number of carbonyl (C=O) groups is 1. The van der Waals surface area contributed by atoms with E-state index >= 15 is 0 Å². The number of amides is 1. The number of halogens is 1. The molecule has 0 saturated carbocycles. The molecule has 0 aliphatic carbocycles. The smallest absolute Gasteiger partial charge is 0.252 e. The van der Waals surface area contributed by atoms with Crippen LogP contribution in [0.4, 0.5) is 0 Å². The summed E-state index contributed by atoms with van der Waals surface area (Å²) in [4.78, 5) is 11.3. The third-order valence-corrected chi connectivity index (χ3v) is 3.01. The van der Waals surface area contributed by atoms with E-state index in [4.69, 9.17) is 0 Å². The number of carbonyl (C=O) groups excluding carboxylic acids is 1. The van der Waals surface area contributed by atoms with Gasteiger partial charge in [0.05, 0.1) is 0 Å². The van der Waals surface area contributed by atoms with E-state index in [0.29, 0.717) is 0 Å². The van der Waals surface area contributed by atoms with Gasteiger partial charge in [-0.3, -0.25) is 4.79 Å². The predicted molar refractivity (Wildman–Crippen MR) is 55.4 cm³/mol. The molecule has 3 heteroatoms. The van der Waals surface area contributed by atoms with E-state index in [2.05, 4.69) is 27.9 Å². The first-order chi connectivity index (χ1) is 5.70. The van der Waals surface area contributed by atoms with E-state index < -0.39 is 0 Å². The van der Waals surface area contributed by atoms with Crippen LogP contribution in [0.15, 0.2) is 18.2 Å². The van der Waals surface area contributed by atoms with Gasteiger partial charge in [-0.15, -0.1) is 0 Å². The third-order valence-electron chi connectivity index (χ3n) is 2.08. The van der Waals surface area contributed by atoms with Gasteiger partial charge in [0.1, 0.15) is 4.05 Å². The van der Waals surface area contributed by atoms with Crippen LogP contribution in [0.5, 0.6) is 0 Å². The van der Waals surface area contributed by atoms with Crippen LogP contribution >= 0.6 is 22.6 Å². The molecule has 12 heavy (non-hydrogen) atoms. The van der Waals surface area contributed by atoms with Crippen molar-refractivity contribution in [2.75, 3.05) is 0 Å². The molecule has 1 N–H and O–H groups in total. The van der Waals surface area contributed by atoms with E-state index in [0.717, 1.165) is 11.1 Å². The first-order valence-corrected chi connectivity index (χ1v) is 4.99. The fourth-order valence-corrected chi connectivity index (χ4v) is 2.59. The standard InChI is InChI=1S/C9H8INO/c1-5-3-2-4-6-7(5)8(10)11-9(6)12/h2-4,8H,1H3,(H,11,12). The van der Waals surface area contributed by atoms with Crippen molar-refractivity contribution in [1.29, 1.82) is 0 Å². The van der Waals surface area contributed by atoms with Gasteiger partial charge in [-0.1, -0.05) is 34.7 Å². The average molecular weight is 273 g/mol. The molecule has 1 heterocycles. The number of fused-ring (bicyclic) bond motifs is 1. The molecule has 2 rings (SSSR count). The summed E-state index contributed by atoms with van der Waals surface area (Å²) in [5, 5.41) is 2.87. The quantitative estimate of drug-likeness (QED) is 0.438. The number of rotatable bonds is 0. The van der Waals surface area contributed by atoms with Crippen LogP contribution in [0.3, 0.4) is 0 Å². The van der Waals surface area contributed by atoms with Gasteiger partial charge in [0.25, 0.3) is 5.91 Å². The van der Waals surface area contributed by atoms with Crippen molar-refractivity contribution in [2.45, 2.75) is 11.0 Å². The molecule has 0 spiro atoms. The van der Waals surface area contributed by atoms with E-state index in [1.807, 2.05) is 25.1 Å². The van der Waals surface area contributed by atoms with Crippen LogP contribution in [-0.2, 0) is 0 Å². The molecule has 0 radical (unpaired) electrons. The van der Waals surface area contributed by atoms with Crippen molar-refractivity contribution in [3.8, 4) is 0 Å². The Hall–Kier alpha value is -0.580. The normalized spacial score (nSPS) is 20.5. The lowest BCUT2D eigenvalue weighted by Crippen LogP contribution is -2.14. The maximum absolute atomic E-state index is 11.3. The molecule has 62 valence electrons. The molecule has 2 nitrogen and oxygen atoms in total. The lowest BCUT2D eigenvalue weighted by Gasteiger charge is -2.04. The zero-order valence-corrected chi connectivity index (χ0v) is 8.75. The highest BCUT2D eigenvalue weighted by Crippen LogP contribution is 2.32. The Balaban J connectivity index is 2.67. The molecule has 0 fully saturated rings. The first-order valence-electron chi connectivity index (χ1n) is 3.74. The Morgan fingerprint density at radius 1 is 1.50 bits per heavy atom. The van der Waals surface area contributed by atoms with Gasteiger partial charge in [0.2, 0.25) is 0 Å². The summed E-state index contributed by atoms with van der Waals surface area (Å²) in [6.07, 6.45) is 0. The summed E-state index contributed by atoms with van der Waals surface area (Å²) < 4.78 is 0.145. The van der Waals surface area contributed by atoms with Gasteiger partial charge in [0.15, 0.2) is 0 Å². The molecule has 0 bridgehead atoms. The molecule has 0 aromatic heterocycles. The van der Waals surface area contributed by atoms with Crippen molar-refractivity contribution in [3.05, 3.63) is 34.9 Å². The number of benzene rings is 1. The maximum Gasteiger partial charge on any atom is 0.252 e. The average Bonchev–Trinajstić information content (AvgIpc) is 2.29. The van der Waals surface area contributed by atoms with Crippen LogP contribution in [0.25, 0.3) is 0 Å². The monoisotopic (exact) mass is 273 g/mol. The molecular weight excluding hydrogens is 265 g/mol. The number of aryl methyl sites for hydroxylation is 1. The topological polar surface area (TPSA) is 29.1 Å². The van der Waals surface area contributed by atoms with Crippen LogP contribution in [-0.4, -0.2) is 5.91 Å². The Bertz CT molecular complexity index is 348. The van der Waals surface area contributed by atoms with Crippen LogP contribution in [0, 0.1) is 6.92 Å². The number of hydrogen-bond donors (Lipinski definition) is 1. The highest BCUT2D eigenvalue weighted by Gasteiger charge is 2.27. The first kappa shape index (κ1) is 8.04. The van der Waals surface area contributed by atoms with E-state index in [1.165, 1.54) is 5.56 Å². The van der Waals surface area contributed by atoms with Crippen molar-refractivity contribution < 1.29 is 4.79 Å². The lowest BCUT2D eigenvalue weighted by molar-refractivity contribution is 0.0966. The highest BCUT2D eigenvalue weighted by atomic mass is 127. The zero-order valence-electron chi connectivity index (χ0n) is 6.60. The fourth-order valence-electron chi connectivity index (χ4n) is 1.48. The minimum Gasteiger partial charge on any atom is -0.336 e. The molecular formula is C9H8INO. The summed E-state index contributed by atoms with van der Waals surface area (Å²) in [7, 11) is 0. The highest BCUT2D eigenvalue weighted by molar-refractivity contribution is 14.1. The number of alkyl halides is 1. The fraction of sp³-hybridized carbons (Fsp3) is 0.222. The molecule has 1 aliphatic heterocycles. The SMILES string of the molecule is Cc1cccc2c1C(I)NC2=O. The Morgan fingerprint density at radius 3 is 2.92 bits per heavy atom. The molecule has 0 saturated heterocycles. The number of nitrogens with one attached hydrogen (secondary N) is 1. The van der Waals surface area contributed by atoms with Crippen LogP contribution < -0.4 is 5.32 Å².